The number of aromatic nitrogens is 1. The highest BCUT2D eigenvalue weighted by atomic mass is 16.1. The van der Waals surface area contributed by atoms with Gasteiger partial charge in [-0.3, -0.25) is 9.78 Å². The van der Waals surface area contributed by atoms with Gasteiger partial charge in [0.2, 0.25) is 5.91 Å². The summed E-state index contributed by atoms with van der Waals surface area (Å²) >= 11 is 0. The summed E-state index contributed by atoms with van der Waals surface area (Å²) in [5.74, 6) is 0.00534. The Hall–Kier alpha value is -2.94. The maximum absolute atomic E-state index is 12.1. The first-order valence-corrected chi connectivity index (χ1v) is 8.04. The molecule has 0 spiro atoms. The lowest BCUT2D eigenvalue weighted by Gasteiger charge is -2.07. The summed E-state index contributed by atoms with van der Waals surface area (Å²) in [5, 5.41) is 2.92. The lowest BCUT2D eigenvalue weighted by Crippen LogP contribution is -2.25. The smallest absolute Gasteiger partial charge is 0.224 e. The fourth-order valence-corrected chi connectivity index (χ4v) is 2.58. The summed E-state index contributed by atoms with van der Waals surface area (Å²) in [4.78, 5) is 16.5. The highest BCUT2D eigenvalue weighted by Crippen LogP contribution is 2.19. The molecule has 3 nitrogen and oxygen atoms in total. The van der Waals surface area contributed by atoms with E-state index in [0.29, 0.717) is 13.0 Å². The molecule has 1 amide bonds. The van der Waals surface area contributed by atoms with Gasteiger partial charge in [0.1, 0.15) is 0 Å². The van der Waals surface area contributed by atoms with E-state index < -0.39 is 0 Å². The molecular formula is C21H20N2O. The van der Waals surface area contributed by atoms with Crippen LogP contribution in [0.5, 0.6) is 0 Å². The molecular weight excluding hydrogens is 296 g/mol. The Morgan fingerprint density at radius 1 is 0.875 bits per heavy atom. The van der Waals surface area contributed by atoms with E-state index >= 15 is 0 Å². The van der Waals surface area contributed by atoms with Crippen molar-refractivity contribution >= 4 is 5.91 Å². The molecule has 3 heteroatoms. The number of hydrogen-bond donors (Lipinski definition) is 1. The van der Waals surface area contributed by atoms with Crippen LogP contribution in [0.4, 0.5) is 0 Å². The van der Waals surface area contributed by atoms with Gasteiger partial charge in [-0.25, -0.2) is 0 Å². The van der Waals surface area contributed by atoms with Crippen molar-refractivity contribution in [2.24, 2.45) is 0 Å². The van der Waals surface area contributed by atoms with Crippen molar-refractivity contribution in [3.8, 4) is 11.1 Å². The van der Waals surface area contributed by atoms with Gasteiger partial charge in [-0.15, -0.1) is 0 Å². The number of nitrogens with one attached hydrogen (secondary N) is 1. The van der Waals surface area contributed by atoms with E-state index in [-0.39, 0.29) is 5.91 Å². The van der Waals surface area contributed by atoms with Crippen molar-refractivity contribution in [1.29, 1.82) is 0 Å². The molecule has 0 unspecified atom stereocenters. The van der Waals surface area contributed by atoms with Crippen molar-refractivity contribution in [2.75, 3.05) is 0 Å². The van der Waals surface area contributed by atoms with Crippen LogP contribution < -0.4 is 5.32 Å². The Morgan fingerprint density at radius 3 is 2.29 bits per heavy atom. The molecule has 0 aliphatic heterocycles. The Labute approximate surface area is 142 Å². The van der Waals surface area contributed by atoms with Gasteiger partial charge in [0.15, 0.2) is 0 Å². The number of hydrogen-bond acceptors (Lipinski definition) is 2. The summed E-state index contributed by atoms with van der Waals surface area (Å²) in [7, 11) is 0. The summed E-state index contributed by atoms with van der Waals surface area (Å²) in [6.45, 7) is 2.40. The number of nitrogens with zero attached hydrogens (tertiary/aromatic N) is 1. The molecule has 0 radical (unpaired) electrons. The molecule has 1 N–H and O–H groups in total. The number of amides is 1. The Balaban J connectivity index is 1.57. The Morgan fingerprint density at radius 2 is 1.58 bits per heavy atom. The van der Waals surface area contributed by atoms with Crippen LogP contribution in [-0.4, -0.2) is 10.9 Å². The SMILES string of the molecule is Cc1cccc(CNC(=O)Cc2ccc(-c3ccccc3)cc2)n1. The minimum absolute atomic E-state index is 0.00534. The lowest BCUT2D eigenvalue weighted by molar-refractivity contribution is -0.120. The maximum atomic E-state index is 12.1. The van der Waals surface area contributed by atoms with Gasteiger partial charge in [0.25, 0.3) is 0 Å². The standard InChI is InChI=1S/C21H20N2O/c1-16-6-5-9-20(23-16)15-22-21(24)14-17-10-12-19(13-11-17)18-7-3-2-4-8-18/h2-13H,14-15H2,1H3,(H,22,24). The average Bonchev–Trinajstić information content (AvgIpc) is 2.61. The third-order valence-electron chi connectivity index (χ3n) is 3.84. The molecule has 0 bridgehead atoms. The van der Waals surface area contributed by atoms with Gasteiger partial charge < -0.3 is 5.32 Å². The molecule has 0 saturated carbocycles. The normalized spacial score (nSPS) is 10.4. The fourth-order valence-electron chi connectivity index (χ4n) is 2.58. The van der Waals surface area contributed by atoms with Crippen LogP contribution >= 0.6 is 0 Å². The van der Waals surface area contributed by atoms with Crippen LogP contribution in [0.15, 0.2) is 72.8 Å². The summed E-state index contributed by atoms with van der Waals surface area (Å²) < 4.78 is 0. The number of pyridine rings is 1. The van der Waals surface area contributed by atoms with E-state index in [1.807, 2.05) is 55.5 Å². The van der Waals surface area contributed by atoms with Crippen molar-refractivity contribution in [2.45, 2.75) is 19.9 Å². The van der Waals surface area contributed by atoms with E-state index in [1.54, 1.807) is 0 Å². The molecule has 0 atom stereocenters. The maximum Gasteiger partial charge on any atom is 0.224 e. The number of carbonyl (C=O) groups is 1. The fraction of sp³-hybridized carbons (Fsp3) is 0.143. The molecule has 120 valence electrons. The number of carbonyl (C=O) groups excluding carboxylic acids is 1. The molecule has 0 saturated heterocycles. The number of benzene rings is 2. The predicted octanol–water partition coefficient (Wildman–Crippen LogP) is 3.92. The lowest BCUT2D eigenvalue weighted by atomic mass is 10.0. The number of aryl methyl sites for hydroxylation is 1. The zero-order valence-electron chi connectivity index (χ0n) is 13.7. The Bertz CT molecular complexity index is 811. The van der Waals surface area contributed by atoms with E-state index in [1.165, 1.54) is 5.56 Å². The molecule has 3 aromatic rings. The van der Waals surface area contributed by atoms with E-state index in [0.717, 1.165) is 22.5 Å². The highest BCUT2D eigenvalue weighted by Gasteiger charge is 2.05. The first kappa shape index (κ1) is 15.9. The van der Waals surface area contributed by atoms with Crippen molar-refractivity contribution in [3.05, 3.63) is 89.7 Å². The second-order valence-electron chi connectivity index (χ2n) is 5.79. The van der Waals surface area contributed by atoms with Crippen LogP contribution in [0.25, 0.3) is 11.1 Å². The summed E-state index contributed by atoms with van der Waals surface area (Å²) in [6, 6.07) is 24.2. The van der Waals surface area contributed by atoms with Crippen LogP contribution in [0.3, 0.4) is 0 Å². The zero-order chi connectivity index (χ0) is 16.8. The summed E-state index contributed by atoms with van der Waals surface area (Å²) in [5.41, 5.74) is 5.17. The number of rotatable bonds is 5. The van der Waals surface area contributed by atoms with E-state index in [9.17, 15) is 4.79 Å². The van der Waals surface area contributed by atoms with Gasteiger partial charge >= 0.3 is 0 Å². The van der Waals surface area contributed by atoms with Crippen LogP contribution in [0, 0.1) is 6.92 Å². The van der Waals surface area contributed by atoms with Gasteiger partial charge in [0.05, 0.1) is 18.7 Å². The van der Waals surface area contributed by atoms with E-state index in [4.69, 9.17) is 0 Å². The summed E-state index contributed by atoms with van der Waals surface area (Å²) in [6.07, 6.45) is 0.376. The second-order valence-corrected chi connectivity index (χ2v) is 5.79. The van der Waals surface area contributed by atoms with Crippen LogP contribution in [0.1, 0.15) is 17.0 Å². The van der Waals surface area contributed by atoms with Crippen LogP contribution in [0.2, 0.25) is 0 Å². The molecule has 1 heterocycles. The van der Waals surface area contributed by atoms with Crippen LogP contribution in [-0.2, 0) is 17.8 Å². The highest BCUT2D eigenvalue weighted by molar-refractivity contribution is 5.78. The molecule has 0 aliphatic carbocycles. The van der Waals surface area contributed by atoms with Gasteiger partial charge in [0, 0.05) is 5.69 Å². The van der Waals surface area contributed by atoms with Crippen molar-refractivity contribution in [1.82, 2.24) is 10.3 Å². The zero-order valence-corrected chi connectivity index (χ0v) is 13.7. The first-order valence-electron chi connectivity index (χ1n) is 8.04. The molecule has 0 aliphatic rings. The third-order valence-corrected chi connectivity index (χ3v) is 3.84. The topological polar surface area (TPSA) is 42.0 Å². The average molecular weight is 316 g/mol. The molecule has 1 aromatic heterocycles. The largest absolute Gasteiger partial charge is 0.350 e. The van der Waals surface area contributed by atoms with Gasteiger partial charge in [-0.2, -0.15) is 0 Å². The first-order chi connectivity index (χ1) is 11.7. The quantitative estimate of drug-likeness (QED) is 0.775. The Kier molecular flexibility index (Phi) is 5.02. The van der Waals surface area contributed by atoms with E-state index in [2.05, 4.69) is 34.6 Å². The van der Waals surface area contributed by atoms with Gasteiger partial charge in [-0.1, -0.05) is 60.7 Å². The minimum Gasteiger partial charge on any atom is -0.350 e. The van der Waals surface area contributed by atoms with Gasteiger partial charge in [-0.05, 0) is 35.7 Å². The molecule has 3 rings (SSSR count). The van der Waals surface area contributed by atoms with Crippen molar-refractivity contribution in [3.63, 3.8) is 0 Å². The second kappa shape index (κ2) is 7.55. The van der Waals surface area contributed by atoms with Crippen molar-refractivity contribution < 1.29 is 4.79 Å². The predicted molar refractivity (Wildman–Crippen MR) is 96.4 cm³/mol. The minimum atomic E-state index is 0.00534. The molecule has 24 heavy (non-hydrogen) atoms. The molecule has 2 aromatic carbocycles. The molecule has 0 fully saturated rings. The third kappa shape index (κ3) is 4.29. The monoisotopic (exact) mass is 316 g/mol.